The minimum absolute atomic E-state index is 0.211. The van der Waals surface area contributed by atoms with E-state index in [2.05, 4.69) is 4.98 Å². The molecule has 5 atom stereocenters. The molecule has 0 bridgehead atoms. The van der Waals surface area contributed by atoms with Gasteiger partial charge in [-0.05, 0) is 44.4 Å². The van der Waals surface area contributed by atoms with Crippen molar-refractivity contribution >= 4 is 23.2 Å². The fourth-order valence-corrected chi connectivity index (χ4v) is 4.01. The van der Waals surface area contributed by atoms with Crippen LogP contribution in [0, 0.1) is 0 Å². The van der Waals surface area contributed by atoms with Crippen LogP contribution in [0.15, 0.2) is 34.0 Å². The number of ether oxygens (including phenoxy) is 2. The van der Waals surface area contributed by atoms with Gasteiger partial charge in [0.1, 0.15) is 18.1 Å². The highest BCUT2D eigenvalue weighted by Crippen LogP contribution is 2.32. The molecule has 3 rings (SSSR count). The Hall–Kier alpha value is -1.84. The van der Waals surface area contributed by atoms with E-state index in [1.807, 2.05) is 6.92 Å². The van der Waals surface area contributed by atoms with Gasteiger partial charge in [0, 0.05) is 23.2 Å². The highest BCUT2D eigenvalue weighted by molar-refractivity contribution is 6.35. The van der Waals surface area contributed by atoms with Gasteiger partial charge in [0.25, 0.3) is 5.56 Å². The van der Waals surface area contributed by atoms with Crippen LogP contribution in [0.1, 0.15) is 44.9 Å². The molecule has 1 aliphatic rings. The first-order valence-electron chi connectivity index (χ1n) is 10.2. The van der Waals surface area contributed by atoms with Crippen LogP contribution in [0.2, 0.25) is 10.0 Å². The van der Waals surface area contributed by atoms with Crippen LogP contribution in [0.5, 0.6) is 5.75 Å². The average molecular weight is 473 g/mol. The van der Waals surface area contributed by atoms with Crippen molar-refractivity contribution in [2.45, 2.75) is 70.2 Å². The fourth-order valence-electron chi connectivity index (χ4n) is 3.56. The zero-order valence-electron chi connectivity index (χ0n) is 17.3. The number of benzene rings is 1. The summed E-state index contributed by atoms with van der Waals surface area (Å²) in [6.45, 7) is 3.53. The molecule has 1 aliphatic heterocycles. The number of aliphatic hydroxyl groups excluding tert-OH is 2. The predicted molar refractivity (Wildman–Crippen MR) is 117 cm³/mol. The van der Waals surface area contributed by atoms with Gasteiger partial charge in [-0.25, -0.2) is 4.79 Å². The lowest BCUT2D eigenvalue weighted by molar-refractivity contribution is -0.0367. The summed E-state index contributed by atoms with van der Waals surface area (Å²) in [7, 11) is 0. The monoisotopic (exact) mass is 472 g/mol. The molecule has 8 nitrogen and oxygen atoms in total. The summed E-state index contributed by atoms with van der Waals surface area (Å²) in [4.78, 5) is 26.2. The number of aliphatic hydroxyl groups is 2. The molecule has 0 aliphatic carbocycles. The molecule has 3 N–H and O–H groups in total. The Morgan fingerprint density at radius 1 is 1.35 bits per heavy atom. The molecule has 170 valence electrons. The molecule has 0 radical (unpaired) electrons. The van der Waals surface area contributed by atoms with Gasteiger partial charge in [0.2, 0.25) is 0 Å². The normalized spacial score (nSPS) is 23.0. The molecule has 0 saturated carbocycles. The topological polar surface area (TPSA) is 114 Å². The Balaban J connectivity index is 1.58. The third kappa shape index (κ3) is 5.70. The molecule has 0 amide bonds. The maximum absolute atomic E-state index is 12.2. The van der Waals surface area contributed by atoms with Crippen molar-refractivity contribution in [3.8, 4) is 5.75 Å². The van der Waals surface area contributed by atoms with E-state index < -0.39 is 41.9 Å². The van der Waals surface area contributed by atoms with Crippen LogP contribution in [-0.4, -0.2) is 44.2 Å². The second-order valence-corrected chi connectivity index (χ2v) is 8.49. The van der Waals surface area contributed by atoms with Crippen LogP contribution >= 0.6 is 23.2 Å². The minimum Gasteiger partial charge on any atom is -0.486 e. The Bertz CT molecular complexity index is 1020. The first kappa shape index (κ1) is 23.8. The van der Waals surface area contributed by atoms with E-state index in [-0.39, 0.29) is 6.42 Å². The van der Waals surface area contributed by atoms with E-state index in [0.717, 1.165) is 0 Å². The van der Waals surface area contributed by atoms with Crippen LogP contribution in [0.25, 0.3) is 0 Å². The molecule has 1 aromatic heterocycles. The number of nitrogens with one attached hydrogen (secondary N) is 1. The van der Waals surface area contributed by atoms with Crippen LogP contribution in [0.4, 0.5) is 0 Å². The molecule has 31 heavy (non-hydrogen) atoms. The van der Waals surface area contributed by atoms with Gasteiger partial charge in [-0.3, -0.25) is 14.3 Å². The number of rotatable bonds is 8. The van der Waals surface area contributed by atoms with Gasteiger partial charge in [-0.15, -0.1) is 0 Å². The van der Waals surface area contributed by atoms with Crippen LogP contribution in [0.3, 0.4) is 0 Å². The Morgan fingerprint density at radius 2 is 2.10 bits per heavy atom. The maximum atomic E-state index is 12.2. The summed E-state index contributed by atoms with van der Waals surface area (Å²) in [5, 5.41) is 21.7. The molecule has 10 heteroatoms. The second-order valence-electron chi connectivity index (χ2n) is 7.65. The molecule has 0 spiro atoms. The third-order valence-electron chi connectivity index (χ3n) is 5.43. The van der Waals surface area contributed by atoms with Gasteiger partial charge < -0.3 is 19.7 Å². The second kappa shape index (κ2) is 10.2. The molecule has 1 aromatic carbocycles. The van der Waals surface area contributed by atoms with Gasteiger partial charge in [0.15, 0.2) is 0 Å². The first-order valence-corrected chi connectivity index (χ1v) is 10.9. The number of H-pyrrole nitrogens is 1. The molecule has 2 heterocycles. The molecular formula is C21H26Cl2N2O6. The number of hydrogen-bond donors (Lipinski definition) is 3. The van der Waals surface area contributed by atoms with Crippen molar-refractivity contribution in [3.05, 3.63) is 60.8 Å². The summed E-state index contributed by atoms with van der Waals surface area (Å²) in [6, 6.07) is 4.84. The number of nitrogens with zero attached hydrogens (tertiary/aromatic N) is 1. The van der Waals surface area contributed by atoms with Crippen LogP contribution in [-0.2, 0) is 11.2 Å². The zero-order chi connectivity index (χ0) is 22.7. The number of aryl methyl sites for hydroxylation is 1. The van der Waals surface area contributed by atoms with Crippen molar-refractivity contribution in [1.82, 2.24) is 9.55 Å². The van der Waals surface area contributed by atoms with Gasteiger partial charge >= 0.3 is 5.69 Å². The van der Waals surface area contributed by atoms with Crippen molar-refractivity contribution in [2.75, 3.05) is 0 Å². The summed E-state index contributed by atoms with van der Waals surface area (Å²) < 4.78 is 12.9. The standard InChI is InChI=1S/C21H26Cl2N2O6/c1-3-12-10-25(21(29)24-20(12)28)19-9-16(27)18(31-19)7-5-15(26)11(2)30-17-6-4-13(22)8-14(17)23/h4,6,8,10-11,15-16,18-19,26-27H,3,5,7,9H2,1-2H3,(H,24,28,29)/t11?,15?,16?,18-,19-/m0/s1. The van der Waals surface area contributed by atoms with Crippen molar-refractivity contribution in [3.63, 3.8) is 0 Å². The van der Waals surface area contributed by atoms with Gasteiger partial charge in [0.05, 0.1) is 23.3 Å². The summed E-state index contributed by atoms with van der Waals surface area (Å²) >= 11 is 12.0. The van der Waals surface area contributed by atoms with E-state index in [4.69, 9.17) is 32.7 Å². The Kier molecular flexibility index (Phi) is 7.82. The minimum atomic E-state index is -0.830. The first-order chi connectivity index (χ1) is 14.7. The largest absolute Gasteiger partial charge is 0.486 e. The van der Waals surface area contributed by atoms with Crippen molar-refractivity contribution in [1.29, 1.82) is 0 Å². The SMILES string of the molecule is CCc1cn([C@@H]2CC(O)[C@H](CCC(O)C(C)Oc3ccc(Cl)cc3Cl)O2)c(=O)[nH]c1=O. The summed E-state index contributed by atoms with van der Waals surface area (Å²) in [5.41, 5.74) is -0.540. The lowest BCUT2D eigenvalue weighted by Crippen LogP contribution is -2.34. The quantitative estimate of drug-likeness (QED) is 0.544. The van der Waals surface area contributed by atoms with Gasteiger partial charge in [-0.1, -0.05) is 30.1 Å². The van der Waals surface area contributed by atoms with E-state index >= 15 is 0 Å². The Morgan fingerprint density at radius 3 is 2.77 bits per heavy atom. The molecule has 1 fully saturated rings. The smallest absolute Gasteiger partial charge is 0.330 e. The van der Waals surface area contributed by atoms with E-state index in [9.17, 15) is 19.8 Å². The average Bonchev–Trinajstić information content (AvgIpc) is 3.08. The number of hydrogen-bond acceptors (Lipinski definition) is 6. The number of halogens is 2. The highest BCUT2D eigenvalue weighted by Gasteiger charge is 2.36. The van der Waals surface area contributed by atoms with Crippen molar-refractivity contribution in [2.24, 2.45) is 0 Å². The Labute approximate surface area is 189 Å². The number of aromatic nitrogens is 2. The van der Waals surface area contributed by atoms with E-state index in [0.29, 0.717) is 40.6 Å². The third-order valence-corrected chi connectivity index (χ3v) is 5.96. The van der Waals surface area contributed by atoms with E-state index in [1.165, 1.54) is 10.8 Å². The molecule has 1 saturated heterocycles. The lowest BCUT2D eigenvalue weighted by atomic mass is 10.0. The fraction of sp³-hybridized carbons (Fsp3) is 0.524. The molecular weight excluding hydrogens is 447 g/mol. The predicted octanol–water partition coefficient (Wildman–Crippen LogP) is 2.66. The maximum Gasteiger partial charge on any atom is 0.330 e. The summed E-state index contributed by atoms with van der Waals surface area (Å²) in [6.07, 6.45) is -0.613. The molecule has 3 unspecified atom stereocenters. The highest BCUT2D eigenvalue weighted by atomic mass is 35.5. The zero-order valence-corrected chi connectivity index (χ0v) is 18.8. The van der Waals surface area contributed by atoms with E-state index in [1.54, 1.807) is 25.1 Å². The summed E-state index contributed by atoms with van der Waals surface area (Å²) in [5.74, 6) is 0.416. The van der Waals surface area contributed by atoms with Gasteiger partial charge in [-0.2, -0.15) is 0 Å². The van der Waals surface area contributed by atoms with Crippen molar-refractivity contribution < 1.29 is 19.7 Å². The number of aromatic amines is 1. The lowest BCUT2D eigenvalue weighted by Gasteiger charge is -2.23. The molecule has 2 aromatic rings. The van der Waals surface area contributed by atoms with Crippen LogP contribution < -0.4 is 16.0 Å².